The summed E-state index contributed by atoms with van der Waals surface area (Å²) >= 11 is 0. The predicted molar refractivity (Wildman–Crippen MR) is 128 cm³/mol. The SMILES string of the molecule is CCCNc1ccc(Nc2nccc(-c3cnc4ccc(-c5ccccc5)cn34)n2)cn1. The molecule has 0 saturated carbocycles. The Morgan fingerprint density at radius 3 is 2.56 bits per heavy atom. The van der Waals surface area contributed by atoms with Crippen molar-refractivity contribution in [1.29, 1.82) is 0 Å². The maximum Gasteiger partial charge on any atom is 0.227 e. The number of nitrogens with zero attached hydrogens (tertiary/aromatic N) is 5. The molecule has 0 amide bonds. The summed E-state index contributed by atoms with van der Waals surface area (Å²) in [6, 6.07) is 20.2. The summed E-state index contributed by atoms with van der Waals surface area (Å²) in [6.07, 6.45) is 8.50. The van der Waals surface area contributed by atoms with Gasteiger partial charge < -0.3 is 10.6 Å². The molecule has 5 rings (SSSR count). The van der Waals surface area contributed by atoms with Crippen molar-refractivity contribution < 1.29 is 0 Å². The second-order valence-electron chi connectivity index (χ2n) is 7.40. The van der Waals surface area contributed by atoms with E-state index >= 15 is 0 Å². The minimum Gasteiger partial charge on any atom is -0.370 e. The van der Waals surface area contributed by atoms with E-state index in [9.17, 15) is 0 Å². The second-order valence-corrected chi connectivity index (χ2v) is 7.40. The number of imidazole rings is 1. The van der Waals surface area contributed by atoms with Gasteiger partial charge in [0.05, 0.1) is 29.5 Å². The van der Waals surface area contributed by atoms with E-state index in [2.05, 4.69) is 61.3 Å². The Kier molecular flexibility index (Phi) is 5.45. The van der Waals surface area contributed by atoms with Crippen molar-refractivity contribution in [2.45, 2.75) is 13.3 Å². The summed E-state index contributed by atoms with van der Waals surface area (Å²) in [5, 5.41) is 6.50. The van der Waals surface area contributed by atoms with Crippen LogP contribution < -0.4 is 10.6 Å². The van der Waals surface area contributed by atoms with Crippen LogP contribution in [0.2, 0.25) is 0 Å². The topological polar surface area (TPSA) is 80.0 Å². The molecule has 158 valence electrons. The van der Waals surface area contributed by atoms with Crippen molar-refractivity contribution in [1.82, 2.24) is 24.3 Å². The smallest absolute Gasteiger partial charge is 0.227 e. The first-order valence-electron chi connectivity index (χ1n) is 10.6. The summed E-state index contributed by atoms with van der Waals surface area (Å²) in [5.74, 6) is 1.36. The quantitative estimate of drug-likeness (QED) is 0.365. The number of rotatable bonds is 7. The fourth-order valence-corrected chi connectivity index (χ4v) is 3.49. The van der Waals surface area contributed by atoms with Crippen molar-refractivity contribution >= 4 is 23.1 Å². The number of fused-ring (bicyclic) bond motifs is 1. The first-order chi connectivity index (χ1) is 15.8. The van der Waals surface area contributed by atoms with E-state index in [1.807, 2.05) is 48.7 Å². The lowest BCUT2D eigenvalue weighted by Crippen LogP contribution is -2.03. The minimum atomic E-state index is 0.507. The van der Waals surface area contributed by atoms with Gasteiger partial charge in [0.15, 0.2) is 0 Å². The van der Waals surface area contributed by atoms with Gasteiger partial charge in [0, 0.05) is 18.9 Å². The molecule has 1 aromatic carbocycles. The highest BCUT2D eigenvalue weighted by atomic mass is 15.1. The molecule has 4 aromatic heterocycles. The lowest BCUT2D eigenvalue weighted by molar-refractivity contribution is 0.969. The van der Waals surface area contributed by atoms with Gasteiger partial charge in [-0.05, 0) is 47.9 Å². The molecule has 0 atom stereocenters. The highest BCUT2D eigenvalue weighted by Crippen LogP contribution is 2.25. The lowest BCUT2D eigenvalue weighted by atomic mass is 10.1. The molecule has 0 fully saturated rings. The van der Waals surface area contributed by atoms with E-state index in [4.69, 9.17) is 4.98 Å². The van der Waals surface area contributed by atoms with Gasteiger partial charge in [0.25, 0.3) is 0 Å². The largest absolute Gasteiger partial charge is 0.370 e. The van der Waals surface area contributed by atoms with Gasteiger partial charge in [-0.1, -0.05) is 37.3 Å². The van der Waals surface area contributed by atoms with E-state index in [1.165, 1.54) is 0 Å². The third-order valence-corrected chi connectivity index (χ3v) is 5.11. The zero-order valence-electron chi connectivity index (χ0n) is 17.7. The van der Waals surface area contributed by atoms with Crippen LogP contribution in [-0.2, 0) is 0 Å². The van der Waals surface area contributed by atoms with E-state index in [0.29, 0.717) is 5.95 Å². The number of nitrogens with one attached hydrogen (secondary N) is 2. The Labute approximate surface area is 186 Å². The summed E-state index contributed by atoms with van der Waals surface area (Å²) < 4.78 is 2.06. The van der Waals surface area contributed by atoms with Crippen molar-refractivity contribution in [3.63, 3.8) is 0 Å². The van der Waals surface area contributed by atoms with Crippen molar-refractivity contribution in [3.05, 3.63) is 85.5 Å². The standard InChI is InChI=1S/C25H23N7/c1-2-13-26-23-10-9-20(15-28-23)30-25-27-14-12-21(31-25)22-16-29-24-11-8-19(17-32(22)24)18-6-4-3-5-7-18/h3-12,14-17H,2,13H2,1H3,(H,26,28)(H,27,30,31). The van der Waals surface area contributed by atoms with E-state index in [-0.39, 0.29) is 0 Å². The van der Waals surface area contributed by atoms with Crippen LogP contribution in [0.25, 0.3) is 28.2 Å². The number of pyridine rings is 2. The Morgan fingerprint density at radius 2 is 1.75 bits per heavy atom. The molecule has 0 aliphatic heterocycles. The molecule has 7 nitrogen and oxygen atoms in total. The fourth-order valence-electron chi connectivity index (χ4n) is 3.49. The van der Waals surface area contributed by atoms with Crippen LogP contribution >= 0.6 is 0 Å². The predicted octanol–water partition coefficient (Wildman–Crippen LogP) is 5.42. The first-order valence-corrected chi connectivity index (χ1v) is 10.6. The highest BCUT2D eigenvalue weighted by molar-refractivity contribution is 5.68. The van der Waals surface area contributed by atoms with Gasteiger partial charge in [0.1, 0.15) is 11.5 Å². The molecule has 0 spiro atoms. The maximum absolute atomic E-state index is 4.71. The van der Waals surface area contributed by atoms with E-state index in [0.717, 1.165) is 52.6 Å². The monoisotopic (exact) mass is 421 g/mol. The molecule has 32 heavy (non-hydrogen) atoms. The molecule has 7 heteroatoms. The Morgan fingerprint density at radius 1 is 0.844 bits per heavy atom. The normalized spacial score (nSPS) is 10.9. The van der Waals surface area contributed by atoms with Crippen LogP contribution in [0.3, 0.4) is 0 Å². The molecule has 0 aliphatic carbocycles. The third-order valence-electron chi connectivity index (χ3n) is 5.11. The molecule has 0 saturated heterocycles. The van der Waals surface area contributed by atoms with Gasteiger partial charge in [-0.25, -0.2) is 19.9 Å². The van der Waals surface area contributed by atoms with E-state index in [1.54, 1.807) is 12.4 Å². The minimum absolute atomic E-state index is 0.507. The van der Waals surface area contributed by atoms with Gasteiger partial charge in [-0.15, -0.1) is 0 Å². The summed E-state index contributed by atoms with van der Waals surface area (Å²) in [4.78, 5) is 18.0. The Hall–Kier alpha value is -4.26. The molecule has 4 heterocycles. The molecule has 0 unspecified atom stereocenters. The lowest BCUT2D eigenvalue weighted by Gasteiger charge is -2.08. The molecular weight excluding hydrogens is 398 g/mol. The number of hydrogen-bond donors (Lipinski definition) is 2. The molecule has 5 aromatic rings. The van der Waals surface area contributed by atoms with Crippen LogP contribution in [0.15, 0.2) is 85.5 Å². The van der Waals surface area contributed by atoms with Crippen molar-refractivity contribution in [2.24, 2.45) is 0 Å². The zero-order chi connectivity index (χ0) is 21.8. The van der Waals surface area contributed by atoms with Crippen LogP contribution in [-0.4, -0.2) is 30.9 Å². The number of benzene rings is 1. The molecule has 0 radical (unpaired) electrons. The Balaban J connectivity index is 1.43. The van der Waals surface area contributed by atoms with Crippen LogP contribution in [0.4, 0.5) is 17.5 Å². The second kappa shape index (κ2) is 8.85. The molecule has 2 N–H and O–H groups in total. The van der Waals surface area contributed by atoms with Gasteiger partial charge in [-0.3, -0.25) is 4.40 Å². The number of anilines is 3. The number of aromatic nitrogens is 5. The summed E-state index contributed by atoms with van der Waals surface area (Å²) in [6.45, 7) is 3.02. The fraction of sp³-hybridized carbons (Fsp3) is 0.120. The summed E-state index contributed by atoms with van der Waals surface area (Å²) in [5.41, 5.74) is 5.66. The molecule has 0 bridgehead atoms. The average molecular weight is 422 g/mol. The Bertz CT molecular complexity index is 1330. The third kappa shape index (κ3) is 4.13. The van der Waals surface area contributed by atoms with E-state index < -0.39 is 0 Å². The first kappa shape index (κ1) is 19.7. The van der Waals surface area contributed by atoms with Crippen LogP contribution in [0, 0.1) is 0 Å². The average Bonchev–Trinajstić information content (AvgIpc) is 3.28. The summed E-state index contributed by atoms with van der Waals surface area (Å²) in [7, 11) is 0. The maximum atomic E-state index is 4.71. The van der Waals surface area contributed by atoms with Crippen molar-refractivity contribution in [2.75, 3.05) is 17.2 Å². The number of hydrogen-bond acceptors (Lipinski definition) is 6. The zero-order valence-corrected chi connectivity index (χ0v) is 17.7. The van der Waals surface area contributed by atoms with Crippen LogP contribution in [0.5, 0.6) is 0 Å². The van der Waals surface area contributed by atoms with Gasteiger partial charge in [-0.2, -0.15) is 0 Å². The highest BCUT2D eigenvalue weighted by Gasteiger charge is 2.10. The van der Waals surface area contributed by atoms with Crippen LogP contribution in [0.1, 0.15) is 13.3 Å². The van der Waals surface area contributed by atoms with Gasteiger partial charge in [0.2, 0.25) is 5.95 Å². The molecular formula is C25H23N7. The van der Waals surface area contributed by atoms with Crippen molar-refractivity contribution in [3.8, 4) is 22.5 Å². The molecule has 0 aliphatic rings. The van der Waals surface area contributed by atoms with Gasteiger partial charge >= 0.3 is 0 Å².